The average molecular weight is 210 g/mol. The zero-order chi connectivity index (χ0) is 10.8. The van der Waals surface area contributed by atoms with Crippen LogP contribution in [0, 0.1) is 0 Å². The Morgan fingerprint density at radius 2 is 1.79 bits per heavy atom. The second-order valence-electron chi connectivity index (χ2n) is 4.01. The molecule has 0 aromatic carbocycles. The fraction of sp³-hybridized carbons (Fsp3) is 1.00. The van der Waals surface area contributed by atoms with Gasteiger partial charge >= 0.3 is 6.18 Å². The molecule has 1 N–H and O–H groups in total. The van der Waals surface area contributed by atoms with E-state index in [1.807, 2.05) is 7.05 Å². The van der Waals surface area contributed by atoms with E-state index in [1.165, 1.54) is 6.92 Å². The lowest BCUT2D eigenvalue weighted by atomic mass is 10.0. The SMILES string of the molecule is CC(NC1CCN(C)CC1)C(F)(F)F. The van der Waals surface area contributed by atoms with Crippen LogP contribution in [0.25, 0.3) is 0 Å². The van der Waals surface area contributed by atoms with Crippen molar-refractivity contribution >= 4 is 0 Å². The molecule has 0 amide bonds. The van der Waals surface area contributed by atoms with E-state index in [0.717, 1.165) is 25.9 Å². The highest BCUT2D eigenvalue weighted by molar-refractivity contribution is 4.80. The molecule has 1 aliphatic rings. The Bertz CT molecular complexity index is 173. The van der Waals surface area contributed by atoms with Crippen LogP contribution in [-0.4, -0.2) is 43.3 Å². The third-order valence-electron chi connectivity index (χ3n) is 2.70. The molecular weight excluding hydrogens is 193 g/mol. The van der Waals surface area contributed by atoms with Crippen LogP contribution in [0.1, 0.15) is 19.8 Å². The first-order valence-corrected chi connectivity index (χ1v) is 4.91. The van der Waals surface area contributed by atoms with Crippen LogP contribution in [0.3, 0.4) is 0 Å². The van der Waals surface area contributed by atoms with Crippen molar-refractivity contribution in [2.45, 2.75) is 38.0 Å². The second-order valence-corrected chi connectivity index (χ2v) is 4.01. The molecule has 0 bridgehead atoms. The molecule has 1 unspecified atom stereocenters. The Hall–Kier alpha value is -0.290. The van der Waals surface area contributed by atoms with Crippen LogP contribution >= 0.6 is 0 Å². The normalized spacial score (nSPS) is 23.8. The van der Waals surface area contributed by atoms with Gasteiger partial charge in [-0.1, -0.05) is 0 Å². The molecule has 84 valence electrons. The first-order chi connectivity index (χ1) is 6.39. The maximum atomic E-state index is 12.2. The Morgan fingerprint density at radius 1 is 1.29 bits per heavy atom. The van der Waals surface area contributed by atoms with Crippen molar-refractivity contribution < 1.29 is 13.2 Å². The summed E-state index contributed by atoms with van der Waals surface area (Å²) in [5, 5.41) is 2.63. The molecule has 14 heavy (non-hydrogen) atoms. The van der Waals surface area contributed by atoms with Crippen molar-refractivity contribution in [1.82, 2.24) is 10.2 Å². The van der Waals surface area contributed by atoms with E-state index in [-0.39, 0.29) is 6.04 Å². The van der Waals surface area contributed by atoms with E-state index >= 15 is 0 Å². The van der Waals surface area contributed by atoms with Crippen LogP contribution < -0.4 is 5.32 Å². The van der Waals surface area contributed by atoms with Gasteiger partial charge in [0, 0.05) is 6.04 Å². The van der Waals surface area contributed by atoms with E-state index < -0.39 is 12.2 Å². The van der Waals surface area contributed by atoms with Gasteiger partial charge in [-0.25, -0.2) is 0 Å². The van der Waals surface area contributed by atoms with Gasteiger partial charge in [-0.15, -0.1) is 0 Å². The molecule has 0 radical (unpaired) electrons. The molecule has 5 heteroatoms. The van der Waals surface area contributed by atoms with Crippen molar-refractivity contribution in [2.24, 2.45) is 0 Å². The predicted octanol–water partition coefficient (Wildman–Crippen LogP) is 1.62. The van der Waals surface area contributed by atoms with Crippen molar-refractivity contribution in [3.63, 3.8) is 0 Å². The number of hydrogen-bond acceptors (Lipinski definition) is 2. The van der Waals surface area contributed by atoms with E-state index in [4.69, 9.17) is 0 Å². The van der Waals surface area contributed by atoms with Crippen LogP contribution in [0.15, 0.2) is 0 Å². The summed E-state index contributed by atoms with van der Waals surface area (Å²) in [6, 6.07) is -1.38. The van der Waals surface area contributed by atoms with Gasteiger partial charge in [0.1, 0.15) is 6.04 Å². The lowest BCUT2D eigenvalue weighted by Gasteiger charge is -2.32. The predicted molar refractivity (Wildman–Crippen MR) is 49.2 cm³/mol. The summed E-state index contributed by atoms with van der Waals surface area (Å²) in [7, 11) is 1.99. The van der Waals surface area contributed by atoms with Crippen LogP contribution in [0.4, 0.5) is 13.2 Å². The molecule has 0 aliphatic carbocycles. The summed E-state index contributed by atoms with van der Waals surface area (Å²) < 4.78 is 36.6. The number of piperidine rings is 1. The van der Waals surface area contributed by atoms with E-state index in [0.29, 0.717) is 0 Å². The lowest BCUT2D eigenvalue weighted by molar-refractivity contribution is -0.154. The maximum Gasteiger partial charge on any atom is 0.403 e. The smallest absolute Gasteiger partial charge is 0.306 e. The molecule has 1 saturated heterocycles. The van der Waals surface area contributed by atoms with E-state index in [1.54, 1.807) is 0 Å². The molecule has 1 rings (SSSR count). The van der Waals surface area contributed by atoms with Gasteiger partial charge in [-0.05, 0) is 39.9 Å². The summed E-state index contributed by atoms with van der Waals surface area (Å²) in [6.07, 6.45) is -2.52. The summed E-state index contributed by atoms with van der Waals surface area (Å²) in [5.74, 6) is 0. The lowest BCUT2D eigenvalue weighted by Crippen LogP contribution is -2.49. The second kappa shape index (κ2) is 4.49. The van der Waals surface area contributed by atoms with Gasteiger partial charge in [-0.3, -0.25) is 0 Å². The zero-order valence-corrected chi connectivity index (χ0v) is 8.56. The molecule has 0 spiro atoms. The number of likely N-dealkylation sites (tertiary alicyclic amines) is 1. The standard InChI is InChI=1S/C9H17F3N2/c1-7(9(10,11)12)13-8-3-5-14(2)6-4-8/h7-8,13H,3-6H2,1-2H3. The Labute approximate surface area is 82.5 Å². The number of halogens is 3. The van der Waals surface area contributed by atoms with Crippen molar-refractivity contribution in [3.8, 4) is 0 Å². The molecule has 0 saturated carbocycles. The van der Waals surface area contributed by atoms with E-state index in [2.05, 4.69) is 10.2 Å². The largest absolute Gasteiger partial charge is 0.403 e. The summed E-state index contributed by atoms with van der Waals surface area (Å²) in [4.78, 5) is 2.14. The fourth-order valence-corrected chi connectivity index (χ4v) is 1.62. The average Bonchev–Trinajstić information content (AvgIpc) is 2.07. The monoisotopic (exact) mass is 210 g/mol. The molecule has 0 aromatic heterocycles. The minimum absolute atomic E-state index is 0.0165. The third-order valence-corrected chi connectivity index (χ3v) is 2.70. The van der Waals surface area contributed by atoms with E-state index in [9.17, 15) is 13.2 Å². The van der Waals surface area contributed by atoms with Crippen LogP contribution in [0.5, 0.6) is 0 Å². The first kappa shape index (κ1) is 11.8. The molecule has 1 aliphatic heterocycles. The topological polar surface area (TPSA) is 15.3 Å². The molecule has 1 heterocycles. The number of rotatable bonds is 2. The number of alkyl halides is 3. The minimum Gasteiger partial charge on any atom is -0.306 e. The molecular formula is C9H17F3N2. The van der Waals surface area contributed by atoms with Gasteiger partial charge in [0.15, 0.2) is 0 Å². The maximum absolute atomic E-state index is 12.2. The zero-order valence-electron chi connectivity index (χ0n) is 8.56. The number of nitrogens with one attached hydrogen (secondary N) is 1. The highest BCUT2D eigenvalue weighted by atomic mass is 19.4. The highest BCUT2D eigenvalue weighted by Crippen LogP contribution is 2.21. The summed E-state index contributed by atoms with van der Waals surface area (Å²) >= 11 is 0. The Morgan fingerprint density at radius 3 is 2.21 bits per heavy atom. The molecule has 0 aromatic rings. The minimum atomic E-state index is -4.12. The quantitative estimate of drug-likeness (QED) is 0.745. The summed E-state index contributed by atoms with van der Waals surface area (Å²) in [6.45, 7) is 2.93. The van der Waals surface area contributed by atoms with Gasteiger partial charge in [0.2, 0.25) is 0 Å². The van der Waals surface area contributed by atoms with Crippen LogP contribution in [0.2, 0.25) is 0 Å². The third kappa shape index (κ3) is 3.46. The number of hydrogen-bond donors (Lipinski definition) is 1. The first-order valence-electron chi connectivity index (χ1n) is 4.91. The van der Waals surface area contributed by atoms with Crippen molar-refractivity contribution in [2.75, 3.05) is 20.1 Å². The van der Waals surface area contributed by atoms with Crippen molar-refractivity contribution in [3.05, 3.63) is 0 Å². The molecule has 2 nitrogen and oxygen atoms in total. The number of nitrogens with zero attached hydrogens (tertiary/aromatic N) is 1. The Kier molecular flexibility index (Phi) is 3.78. The van der Waals surface area contributed by atoms with Gasteiger partial charge < -0.3 is 10.2 Å². The van der Waals surface area contributed by atoms with Crippen LogP contribution in [-0.2, 0) is 0 Å². The van der Waals surface area contributed by atoms with Gasteiger partial charge in [0.05, 0.1) is 0 Å². The fourth-order valence-electron chi connectivity index (χ4n) is 1.62. The summed E-state index contributed by atoms with van der Waals surface area (Å²) in [5.41, 5.74) is 0. The van der Waals surface area contributed by atoms with Gasteiger partial charge in [0.25, 0.3) is 0 Å². The highest BCUT2D eigenvalue weighted by Gasteiger charge is 2.37. The molecule has 1 fully saturated rings. The van der Waals surface area contributed by atoms with Gasteiger partial charge in [-0.2, -0.15) is 13.2 Å². The Balaban J connectivity index is 2.31. The molecule has 1 atom stereocenters. The van der Waals surface area contributed by atoms with Crippen molar-refractivity contribution in [1.29, 1.82) is 0 Å².